The van der Waals surface area contributed by atoms with Gasteiger partial charge in [0.25, 0.3) is 0 Å². The van der Waals surface area contributed by atoms with Crippen molar-refractivity contribution < 1.29 is 23.1 Å². The van der Waals surface area contributed by atoms with Crippen molar-refractivity contribution in [3.63, 3.8) is 0 Å². The molecule has 4 atom stereocenters. The van der Waals surface area contributed by atoms with Crippen LogP contribution in [0, 0.1) is 11.8 Å². The fourth-order valence-electron chi connectivity index (χ4n) is 4.73. The number of hydrogen-bond donors (Lipinski definition) is 2. The second-order valence-electron chi connectivity index (χ2n) is 8.46. The predicted molar refractivity (Wildman–Crippen MR) is 109 cm³/mol. The van der Waals surface area contributed by atoms with Crippen LogP contribution in [0.1, 0.15) is 39.5 Å². The molecule has 1 saturated carbocycles. The van der Waals surface area contributed by atoms with Crippen molar-refractivity contribution in [1.82, 2.24) is 10.2 Å². The van der Waals surface area contributed by atoms with Gasteiger partial charge in [0.1, 0.15) is 5.92 Å². The molecule has 1 saturated heterocycles. The molecule has 1 aromatic rings. The molecule has 8 heteroatoms. The largest absolute Gasteiger partial charge is 0.481 e. The number of aliphatic carboxylic acids is 1. The molecule has 0 spiro atoms. The highest BCUT2D eigenvalue weighted by Gasteiger charge is 2.45. The third-order valence-electron chi connectivity index (χ3n) is 5.99. The lowest BCUT2D eigenvalue weighted by Gasteiger charge is -2.41. The SMILES string of the molecule is CC(C)NC1CC[C@H](N2CCC(C(=O)O)C2=O)[C@H](CS(=O)(=O)c2ccccc2)C1. The third-order valence-corrected chi connectivity index (χ3v) is 7.84. The molecule has 3 rings (SSSR count). The van der Waals surface area contributed by atoms with Crippen LogP contribution in [0.2, 0.25) is 0 Å². The first-order valence-corrected chi connectivity index (χ1v) is 11.9. The molecule has 2 aliphatic rings. The molecule has 7 nitrogen and oxygen atoms in total. The minimum atomic E-state index is -3.50. The van der Waals surface area contributed by atoms with Crippen molar-refractivity contribution in [2.75, 3.05) is 12.3 Å². The molecular weight excluding hydrogens is 392 g/mol. The maximum absolute atomic E-state index is 13.0. The van der Waals surface area contributed by atoms with Crippen molar-refractivity contribution in [2.24, 2.45) is 11.8 Å². The van der Waals surface area contributed by atoms with Crippen LogP contribution in [0.3, 0.4) is 0 Å². The van der Waals surface area contributed by atoms with Crippen LogP contribution < -0.4 is 5.32 Å². The molecule has 1 heterocycles. The van der Waals surface area contributed by atoms with Gasteiger partial charge in [0.15, 0.2) is 9.84 Å². The van der Waals surface area contributed by atoms with Gasteiger partial charge in [-0.1, -0.05) is 32.0 Å². The summed E-state index contributed by atoms with van der Waals surface area (Å²) in [6.45, 7) is 4.50. The Bertz CT molecular complexity index is 840. The number of rotatable bonds is 7. The monoisotopic (exact) mass is 422 g/mol. The smallest absolute Gasteiger partial charge is 0.316 e. The average molecular weight is 423 g/mol. The third kappa shape index (κ3) is 4.98. The van der Waals surface area contributed by atoms with Gasteiger partial charge in [0.2, 0.25) is 5.91 Å². The zero-order valence-corrected chi connectivity index (χ0v) is 17.8. The molecule has 1 aliphatic heterocycles. The summed E-state index contributed by atoms with van der Waals surface area (Å²) in [5, 5.41) is 12.8. The van der Waals surface area contributed by atoms with Gasteiger partial charge in [-0.3, -0.25) is 9.59 Å². The van der Waals surface area contributed by atoms with Gasteiger partial charge in [-0.15, -0.1) is 0 Å². The average Bonchev–Trinajstić information content (AvgIpc) is 3.03. The Balaban J connectivity index is 1.83. The molecule has 2 unspecified atom stereocenters. The van der Waals surface area contributed by atoms with Gasteiger partial charge in [0, 0.05) is 24.7 Å². The van der Waals surface area contributed by atoms with Crippen LogP contribution in [0.25, 0.3) is 0 Å². The first kappa shape index (κ1) is 21.8. The van der Waals surface area contributed by atoms with Crippen LogP contribution in [-0.2, 0) is 19.4 Å². The number of carboxylic acid groups (broad SMARTS) is 1. The lowest BCUT2D eigenvalue weighted by Crippen LogP contribution is -2.51. The molecule has 1 aromatic carbocycles. The normalized spacial score (nSPS) is 28.1. The molecule has 1 amide bonds. The van der Waals surface area contributed by atoms with Crippen molar-refractivity contribution >= 4 is 21.7 Å². The highest BCUT2D eigenvalue weighted by Crippen LogP contribution is 2.35. The summed E-state index contributed by atoms with van der Waals surface area (Å²) in [6.07, 6.45) is 2.45. The minimum Gasteiger partial charge on any atom is -0.481 e. The Kier molecular flexibility index (Phi) is 6.63. The van der Waals surface area contributed by atoms with E-state index in [0.29, 0.717) is 19.4 Å². The molecular formula is C21H30N2O5S. The van der Waals surface area contributed by atoms with Gasteiger partial charge >= 0.3 is 5.97 Å². The fourth-order valence-corrected chi connectivity index (χ4v) is 6.41. The topological polar surface area (TPSA) is 104 Å². The molecule has 160 valence electrons. The van der Waals surface area contributed by atoms with Crippen LogP contribution in [0.5, 0.6) is 0 Å². The maximum Gasteiger partial charge on any atom is 0.316 e. The van der Waals surface area contributed by atoms with Gasteiger partial charge in [-0.05, 0) is 43.7 Å². The van der Waals surface area contributed by atoms with E-state index in [4.69, 9.17) is 0 Å². The van der Waals surface area contributed by atoms with Gasteiger partial charge in [0.05, 0.1) is 10.6 Å². The lowest BCUT2D eigenvalue weighted by molar-refractivity contribution is -0.148. The molecule has 2 fully saturated rings. The lowest BCUT2D eigenvalue weighted by atomic mass is 9.81. The number of carbonyl (C=O) groups is 2. The van der Waals surface area contributed by atoms with Gasteiger partial charge in [-0.25, -0.2) is 8.42 Å². The zero-order chi connectivity index (χ0) is 21.2. The van der Waals surface area contributed by atoms with E-state index < -0.39 is 21.7 Å². The highest BCUT2D eigenvalue weighted by molar-refractivity contribution is 7.91. The molecule has 2 N–H and O–H groups in total. The van der Waals surface area contributed by atoms with Crippen molar-refractivity contribution in [2.45, 2.75) is 62.6 Å². The van der Waals surface area contributed by atoms with Crippen molar-refractivity contribution in [3.05, 3.63) is 30.3 Å². The number of benzene rings is 1. The number of sulfone groups is 1. The van der Waals surface area contributed by atoms with E-state index >= 15 is 0 Å². The first-order chi connectivity index (χ1) is 13.7. The molecule has 0 bridgehead atoms. The summed E-state index contributed by atoms with van der Waals surface area (Å²) >= 11 is 0. The predicted octanol–water partition coefficient (Wildman–Crippen LogP) is 1.93. The summed E-state index contributed by atoms with van der Waals surface area (Å²) in [6, 6.07) is 8.61. The van der Waals surface area contributed by atoms with Crippen LogP contribution >= 0.6 is 0 Å². The number of carbonyl (C=O) groups excluding carboxylic acids is 1. The van der Waals surface area contributed by atoms with Crippen molar-refractivity contribution in [3.8, 4) is 0 Å². The van der Waals surface area contributed by atoms with E-state index in [1.807, 2.05) is 0 Å². The standard InChI is InChI=1S/C21H30N2O5S/c1-14(2)22-16-8-9-19(23-11-10-18(20(23)24)21(25)26)15(12-16)13-29(27,28)17-6-4-3-5-7-17/h3-7,14-16,18-19,22H,8-13H2,1-2H3,(H,25,26)/t15-,16?,18?,19-/m0/s1. The van der Waals surface area contributed by atoms with Gasteiger partial charge < -0.3 is 15.3 Å². The number of amides is 1. The number of nitrogens with one attached hydrogen (secondary N) is 1. The number of nitrogens with zero attached hydrogens (tertiary/aromatic N) is 1. The van der Waals surface area contributed by atoms with E-state index in [1.54, 1.807) is 35.2 Å². The van der Waals surface area contributed by atoms with E-state index in [2.05, 4.69) is 19.2 Å². The van der Waals surface area contributed by atoms with Crippen LogP contribution in [0.4, 0.5) is 0 Å². The highest BCUT2D eigenvalue weighted by atomic mass is 32.2. The summed E-state index contributed by atoms with van der Waals surface area (Å²) in [7, 11) is -3.50. The van der Waals surface area contributed by atoms with Gasteiger partial charge in [-0.2, -0.15) is 0 Å². The van der Waals surface area contributed by atoms with Crippen LogP contribution in [0.15, 0.2) is 35.2 Å². The second-order valence-corrected chi connectivity index (χ2v) is 10.5. The molecule has 1 aliphatic carbocycles. The second kappa shape index (κ2) is 8.83. The summed E-state index contributed by atoms with van der Waals surface area (Å²) < 4.78 is 26.1. The summed E-state index contributed by atoms with van der Waals surface area (Å²) in [4.78, 5) is 25.9. The Morgan fingerprint density at radius 2 is 1.90 bits per heavy atom. The fraction of sp³-hybridized carbons (Fsp3) is 0.619. The molecule has 0 aromatic heterocycles. The quantitative estimate of drug-likeness (QED) is 0.651. The summed E-state index contributed by atoms with van der Waals surface area (Å²) in [5.74, 6) is -2.75. The Morgan fingerprint density at radius 3 is 2.48 bits per heavy atom. The van der Waals surface area contributed by atoms with Crippen LogP contribution in [-0.4, -0.2) is 60.7 Å². The number of likely N-dealkylation sites (tertiary alicyclic amines) is 1. The Labute approximate surface area is 172 Å². The van der Waals surface area contributed by atoms with Crippen molar-refractivity contribution in [1.29, 1.82) is 0 Å². The van der Waals surface area contributed by atoms with E-state index in [9.17, 15) is 23.1 Å². The molecule has 29 heavy (non-hydrogen) atoms. The number of carboxylic acids is 1. The Hall–Kier alpha value is -1.93. The number of hydrogen-bond acceptors (Lipinski definition) is 5. The van der Waals surface area contributed by atoms with E-state index in [0.717, 1.165) is 6.42 Å². The van der Waals surface area contributed by atoms with E-state index in [1.165, 1.54) is 0 Å². The minimum absolute atomic E-state index is 0.0422. The van der Waals surface area contributed by atoms with E-state index in [-0.39, 0.29) is 47.0 Å². The zero-order valence-electron chi connectivity index (χ0n) is 17.0. The Morgan fingerprint density at radius 1 is 1.21 bits per heavy atom. The summed E-state index contributed by atoms with van der Waals surface area (Å²) in [5.41, 5.74) is 0. The first-order valence-electron chi connectivity index (χ1n) is 10.3. The maximum atomic E-state index is 13.0. The molecule has 0 radical (unpaired) electrons.